The molecule has 0 spiro atoms. The van der Waals surface area contributed by atoms with Crippen LogP contribution in [0.2, 0.25) is 0 Å². The molecule has 2 aromatic rings. The van der Waals surface area contributed by atoms with Gasteiger partial charge in [-0.05, 0) is 19.1 Å². The van der Waals surface area contributed by atoms with Crippen molar-refractivity contribution in [1.82, 2.24) is 14.7 Å². The minimum atomic E-state index is -0.499. The molecule has 0 saturated carbocycles. The number of aliphatic hydroxyl groups excluding tert-OH is 1. The smallest absolute Gasteiger partial charge is 0.229 e. The highest BCUT2D eigenvalue weighted by molar-refractivity contribution is 5.11. The molecule has 0 radical (unpaired) electrons. The van der Waals surface area contributed by atoms with Crippen molar-refractivity contribution >= 4 is 0 Å². The van der Waals surface area contributed by atoms with Gasteiger partial charge in [0.1, 0.15) is 0 Å². The van der Waals surface area contributed by atoms with Gasteiger partial charge in [-0.3, -0.25) is 0 Å². The monoisotopic (exact) mass is 235 g/mol. The zero-order valence-electron chi connectivity index (χ0n) is 10.3. The molecule has 1 unspecified atom stereocenters. The summed E-state index contributed by atoms with van der Waals surface area (Å²) < 4.78 is 7.05. The largest absolute Gasteiger partial charge is 0.387 e. The van der Waals surface area contributed by atoms with E-state index in [1.165, 1.54) is 0 Å². The lowest BCUT2D eigenvalue weighted by Gasteiger charge is -2.08. The van der Waals surface area contributed by atoms with Gasteiger partial charge in [-0.25, -0.2) is 0 Å². The van der Waals surface area contributed by atoms with Crippen LogP contribution < -0.4 is 0 Å². The number of hydrogen-bond donors (Lipinski definition) is 1. The third-order valence-corrected chi connectivity index (χ3v) is 2.58. The average molecular weight is 235 g/mol. The van der Waals surface area contributed by atoms with Crippen molar-refractivity contribution < 1.29 is 9.63 Å². The molecule has 1 N–H and O–H groups in total. The fraction of sp³-hybridized carbons (Fsp3) is 0.500. The van der Waals surface area contributed by atoms with E-state index in [0.29, 0.717) is 18.3 Å². The lowest BCUT2D eigenvalue weighted by Crippen LogP contribution is -2.07. The minimum absolute atomic E-state index is 0.233. The normalized spacial score (nSPS) is 13.2. The Balaban J connectivity index is 2.17. The van der Waals surface area contributed by atoms with Crippen molar-refractivity contribution in [1.29, 1.82) is 0 Å². The maximum Gasteiger partial charge on any atom is 0.229 e. The van der Waals surface area contributed by atoms with Gasteiger partial charge in [0.2, 0.25) is 5.89 Å². The van der Waals surface area contributed by atoms with Gasteiger partial charge in [-0.2, -0.15) is 4.98 Å². The maximum absolute atomic E-state index is 9.58. The second-order valence-electron chi connectivity index (χ2n) is 4.44. The number of aliphatic hydroxyl groups is 1. The Bertz CT molecular complexity index is 485. The molecule has 0 aliphatic heterocycles. The van der Waals surface area contributed by atoms with Crippen LogP contribution in [-0.4, -0.2) is 19.8 Å². The SMILES string of the molecule is CC(C)c1nc(Cn2cccc2C(C)O)no1. The van der Waals surface area contributed by atoms with E-state index in [9.17, 15) is 5.11 Å². The van der Waals surface area contributed by atoms with Gasteiger partial charge >= 0.3 is 0 Å². The number of hydrogen-bond acceptors (Lipinski definition) is 4. The van der Waals surface area contributed by atoms with E-state index in [-0.39, 0.29) is 5.92 Å². The molecule has 0 aromatic carbocycles. The Kier molecular flexibility index (Phi) is 3.28. The molecule has 17 heavy (non-hydrogen) atoms. The van der Waals surface area contributed by atoms with E-state index < -0.39 is 6.10 Å². The molecule has 1 atom stereocenters. The summed E-state index contributed by atoms with van der Waals surface area (Å²) in [7, 11) is 0. The maximum atomic E-state index is 9.58. The summed E-state index contributed by atoms with van der Waals surface area (Å²) in [6, 6.07) is 3.78. The number of rotatable bonds is 4. The molecule has 5 nitrogen and oxygen atoms in total. The molecular weight excluding hydrogens is 218 g/mol. The van der Waals surface area contributed by atoms with Crippen molar-refractivity contribution in [2.75, 3.05) is 0 Å². The van der Waals surface area contributed by atoms with Crippen LogP contribution in [0.15, 0.2) is 22.9 Å². The molecule has 92 valence electrons. The van der Waals surface area contributed by atoms with Crippen LogP contribution in [0.4, 0.5) is 0 Å². The standard InChI is InChI=1S/C12H17N3O2/c1-8(2)12-13-11(14-17-12)7-15-6-4-5-10(15)9(3)16/h4-6,8-9,16H,7H2,1-3H3. The van der Waals surface area contributed by atoms with Crippen LogP contribution in [0.3, 0.4) is 0 Å². The van der Waals surface area contributed by atoms with Crippen molar-refractivity contribution in [3.8, 4) is 0 Å². The highest BCUT2D eigenvalue weighted by Gasteiger charge is 2.12. The lowest BCUT2D eigenvalue weighted by molar-refractivity contribution is 0.189. The first kappa shape index (κ1) is 11.9. The van der Waals surface area contributed by atoms with Gasteiger partial charge in [0.15, 0.2) is 5.82 Å². The lowest BCUT2D eigenvalue weighted by atomic mass is 10.2. The van der Waals surface area contributed by atoms with Crippen LogP contribution in [0.1, 0.15) is 50.2 Å². The zero-order chi connectivity index (χ0) is 12.4. The van der Waals surface area contributed by atoms with Gasteiger partial charge in [-0.15, -0.1) is 0 Å². The average Bonchev–Trinajstić information content (AvgIpc) is 2.86. The summed E-state index contributed by atoms with van der Waals surface area (Å²) in [5.74, 6) is 1.51. The highest BCUT2D eigenvalue weighted by Crippen LogP contribution is 2.15. The fourth-order valence-electron chi connectivity index (χ4n) is 1.67. The highest BCUT2D eigenvalue weighted by atomic mass is 16.5. The third-order valence-electron chi connectivity index (χ3n) is 2.58. The quantitative estimate of drug-likeness (QED) is 0.881. The van der Waals surface area contributed by atoms with Gasteiger partial charge in [0.05, 0.1) is 12.6 Å². The van der Waals surface area contributed by atoms with E-state index in [2.05, 4.69) is 10.1 Å². The molecule has 0 saturated heterocycles. The Labute approximate surface area is 100 Å². The molecular formula is C12H17N3O2. The van der Waals surface area contributed by atoms with Crippen LogP contribution in [-0.2, 0) is 6.54 Å². The summed E-state index contributed by atoms with van der Waals surface area (Å²) in [6.07, 6.45) is 1.40. The molecule has 2 heterocycles. The molecule has 2 rings (SSSR count). The van der Waals surface area contributed by atoms with Crippen molar-refractivity contribution in [2.45, 2.75) is 39.3 Å². The Morgan fingerprint density at radius 1 is 1.41 bits per heavy atom. The first-order chi connectivity index (χ1) is 8.08. The molecule has 0 amide bonds. The van der Waals surface area contributed by atoms with Crippen molar-refractivity contribution in [3.63, 3.8) is 0 Å². The van der Waals surface area contributed by atoms with Crippen LogP contribution in [0.5, 0.6) is 0 Å². The Hall–Kier alpha value is -1.62. The molecule has 0 bridgehead atoms. The predicted octanol–water partition coefficient (Wildman–Crippen LogP) is 2.10. The molecule has 2 aromatic heterocycles. The molecule has 5 heteroatoms. The Morgan fingerprint density at radius 3 is 2.76 bits per heavy atom. The van der Waals surface area contributed by atoms with Gasteiger partial charge in [0.25, 0.3) is 0 Å². The van der Waals surface area contributed by atoms with Crippen LogP contribution in [0.25, 0.3) is 0 Å². The molecule has 0 aliphatic carbocycles. The Morgan fingerprint density at radius 2 is 2.18 bits per heavy atom. The summed E-state index contributed by atoms with van der Waals surface area (Å²) in [5, 5.41) is 13.5. The number of nitrogens with zero attached hydrogens (tertiary/aromatic N) is 3. The fourth-order valence-corrected chi connectivity index (χ4v) is 1.67. The second-order valence-corrected chi connectivity index (χ2v) is 4.44. The first-order valence-electron chi connectivity index (χ1n) is 5.73. The first-order valence-corrected chi connectivity index (χ1v) is 5.73. The summed E-state index contributed by atoms with van der Waals surface area (Å²) in [5.41, 5.74) is 0.848. The van der Waals surface area contributed by atoms with Gasteiger partial charge < -0.3 is 14.2 Å². The van der Waals surface area contributed by atoms with E-state index in [1.54, 1.807) is 6.92 Å². The van der Waals surface area contributed by atoms with Crippen LogP contribution >= 0.6 is 0 Å². The number of aromatic nitrogens is 3. The predicted molar refractivity (Wildman–Crippen MR) is 62.6 cm³/mol. The van der Waals surface area contributed by atoms with Crippen molar-refractivity contribution in [3.05, 3.63) is 35.7 Å². The third kappa shape index (κ3) is 2.55. The van der Waals surface area contributed by atoms with E-state index in [1.807, 2.05) is 36.7 Å². The van der Waals surface area contributed by atoms with E-state index >= 15 is 0 Å². The summed E-state index contributed by atoms with van der Waals surface area (Å²) in [4.78, 5) is 4.30. The van der Waals surface area contributed by atoms with Gasteiger partial charge in [0, 0.05) is 17.8 Å². The second kappa shape index (κ2) is 4.71. The molecule has 0 fully saturated rings. The topological polar surface area (TPSA) is 64.1 Å². The van der Waals surface area contributed by atoms with E-state index in [4.69, 9.17) is 4.52 Å². The van der Waals surface area contributed by atoms with Crippen LogP contribution in [0, 0.1) is 0 Å². The van der Waals surface area contributed by atoms with Crippen molar-refractivity contribution in [2.24, 2.45) is 0 Å². The minimum Gasteiger partial charge on any atom is -0.387 e. The van der Waals surface area contributed by atoms with Gasteiger partial charge in [-0.1, -0.05) is 19.0 Å². The zero-order valence-corrected chi connectivity index (χ0v) is 10.3. The van der Waals surface area contributed by atoms with E-state index in [0.717, 1.165) is 5.69 Å². The molecule has 0 aliphatic rings. The summed E-state index contributed by atoms with van der Waals surface area (Å²) >= 11 is 0. The summed E-state index contributed by atoms with van der Waals surface area (Å²) in [6.45, 7) is 6.27.